The Balaban J connectivity index is 1.34. The molecular formula is C46H41N3. The second kappa shape index (κ2) is 11.7. The molecule has 0 amide bonds. The van der Waals surface area contributed by atoms with Gasteiger partial charge in [0.25, 0.3) is 0 Å². The van der Waals surface area contributed by atoms with Crippen LogP contribution in [0.15, 0.2) is 134 Å². The average molecular weight is 636 g/mol. The van der Waals surface area contributed by atoms with E-state index in [1.807, 2.05) is 19.1 Å². The number of benzene rings is 5. The molecule has 0 spiro atoms. The zero-order valence-electron chi connectivity index (χ0n) is 28.7. The highest BCUT2D eigenvalue weighted by Crippen LogP contribution is 2.43. The first-order valence-corrected chi connectivity index (χ1v) is 17.1. The first-order chi connectivity index (χ1) is 23.7. The molecule has 1 aliphatic carbocycles. The number of aryl methyl sites for hydroxylation is 3. The second-order valence-corrected chi connectivity index (χ2v) is 13.9. The summed E-state index contributed by atoms with van der Waals surface area (Å²) in [5, 5.41) is 4.95. The lowest BCUT2D eigenvalue weighted by atomic mass is 9.84. The third-order valence-corrected chi connectivity index (χ3v) is 9.85. The normalized spacial score (nSPS) is 13.2. The molecule has 2 heterocycles. The summed E-state index contributed by atoms with van der Waals surface area (Å²) in [5.74, 6) is 0.665. The van der Waals surface area contributed by atoms with Gasteiger partial charge in [0.15, 0.2) is 0 Å². The summed E-state index contributed by atoms with van der Waals surface area (Å²) in [6.45, 7) is 16.5. The first kappa shape index (κ1) is 30.5. The Morgan fingerprint density at radius 3 is 2.18 bits per heavy atom. The molecule has 8 rings (SSSR count). The Hall–Kier alpha value is -5.80. The molecule has 3 N–H and O–H groups in total. The van der Waals surface area contributed by atoms with E-state index in [1.54, 1.807) is 0 Å². The van der Waals surface area contributed by atoms with Gasteiger partial charge < -0.3 is 10.7 Å². The largest absolute Gasteiger partial charge is 0.385 e. The van der Waals surface area contributed by atoms with Gasteiger partial charge in [0, 0.05) is 32.6 Å². The van der Waals surface area contributed by atoms with Gasteiger partial charge in [-0.25, -0.2) is 0 Å². The van der Waals surface area contributed by atoms with Crippen molar-refractivity contribution in [2.75, 3.05) is 0 Å². The quantitative estimate of drug-likeness (QED) is 0.176. The molecule has 0 atom stereocenters. The summed E-state index contributed by atoms with van der Waals surface area (Å²) in [4.78, 5) is 3.74. The third-order valence-electron chi connectivity index (χ3n) is 9.85. The Kier molecular flexibility index (Phi) is 7.30. The predicted molar refractivity (Wildman–Crippen MR) is 213 cm³/mol. The van der Waals surface area contributed by atoms with E-state index in [1.165, 1.54) is 66.1 Å². The smallest absolute Gasteiger partial charge is 0.108 e. The Bertz CT molecular complexity index is 2620. The highest BCUT2D eigenvalue weighted by atomic mass is 15.1. The van der Waals surface area contributed by atoms with Crippen LogP contribution >= 0.6 is 0 Å². The van der Waals surface area contributed by atoms with E-state index < -0.39 is 0 Å². The Labute approximate surface area is 288 Å². The number of rotatable bonds is 6. The molecule has 240 valence electrons. The van der Waals surface area contributed by atoms with Gasteiger partial charge in [-0.2, -0.15) is 0 Å². The van der Waals surface area contributed by atoms with Gasteiger partial charge in [0.1, 0.15) is 5.82 Å². The highest BCUT2D eigenvalue weighted by Gasteiger charge is 2.23. The van der Waals surface area contributed by atoms with Crippen molar-refractivity contribution >= 4 is 55.0 Å². The lowest BCUT2D eigenvalue weighted by Crippen LogP contribution is -2.07. The van der Waals surface area contributed by atoms with Crippen molar-refractivity contribution in [2.24, 2.45) is 5.73 Å². The minimum Gasteiger partial charge on any atom is -0.385 e. The van der Waals surface area contributed by atoms with Crippen molar-refractivity contribution < 1.29 is 0 Å². The fourth-order valence-electron chi connectivity index (χ4n) is 7.73. The lowest BCUT2D eigenvalue weighted by molar-refractivity contribution is 0.946. The van der Waals surface area contributed by atoms with E-state index in [9.17, 15) is 0 Å². The number of H-pyrrole nitrogens is 1. The van der Waals surface area contributed by atoms with Crippen LogP contribution in [0.5, 0.6) is 0 Å². The molecular weight excluding hydrogens is 595 g/mol. The second-order valence-electron chi connectivity index (χ2n) is 13.9. The van der Waals surface area contributed by atoms with Crippen LogP contribution in [-0.2, 0) is 12.8 Å². The topological polar surface area (TPSA) is 46.7 Å². The molecule has 1 aliphatic rings. The molecule has 0 saturated heterocycles. The zero-order valence-corrected chi connectivity index (χ0v) is 28.7. The molecule has 0 radical (unpaired) electrons. The minimum atomic E-state index is 0.665. The molecule has 0 saturated carbocycles. The molecule has 0 bridgehead atoms. The zero-order chi connectivity index (χ0) is 34.0. The number of aromatic amines is 1. The molecule has 0 aliphatic heterocycles. The number of hydrogen-bond acceptors (Lipinski definition) is 1. The summed E-state index contributed by atoms with van der Waals surface area (Å²) in [7, 11) is 0. The molecule has 3 heteroatoms. The van der Waals surface area contributed by atoms with Crippen LogP contribution in [0.4, 0.5) is 0 Å². The van der Waals surface area contributed by atoms with Gasteiger partial charge >= 0.3 is 0 Å². The summed E-state index contributed by atoms with van der Waals surface area (Å²) < 4.78 is 2.20. The first-order valence-electron chi connectivity index (χ1n) is 17.1. The van der Waals surface area contributed by atoms with Crippen molar-refractivity contribution in [1.82, 2.24) is 9.55 Å². The van der Waals surface area contributed by atoms with Crippen molar-refractivity contribution in [3.63, 3.8) is 0 Å². The number of hydrogen-bond donors (Lipinski definition) is 2. The van der Waals surface area contributed by atoms with E-state index in [4.69, 9.17) is 5.73 Å². The standard InChI is InChI=1S/C46H41N3/c1-7-9-30(18-27(2)3)33-15-17-44-40(22-33)41-24-35-13-12-34-23-39-38-21-32(31-11-8-10-29(6)20-31)14-16-42(38)48-43(39)25-36(34)37(35)26-45(41)49(44)46(47)19-28(4)5/h7-11,14-26,48H,1,4,12-13,47H2,2-3,5-6H3/b30-9+,46-19+. The van der Waals surface area contributed by atoms with Crippen LogP contribution in [0.2, 0.25) is 0 Å². The molecule has 7 aromatic rings. The van der Waals surface area contributed by atoms with Gasteiger partial charge in [-0.3, -0.25) is 4.57 Å². The van der Waals surface area contributed by atoms with Crippen LogP contribution in [-0.4, -0.2) is 9.55 Å². The van der Waals surface area contributed by atoms with E-state index in [0.29, 0.717) is 5.82 Å². The molecule has 49 heavy (non-hydrogen) atoms. The van der Waals surface area contributed by atoms with Gasteiger partial charge in [0.05, 0.1) is 11.0 Å². The lowest BCUT2D eigenvalue weighted by Gasteiger charge is -2.21. The van der Waals surface area contributed by atoms with E-state index in [2.05, 4.69) is 141 Å². The number of nitrogens with zero attached hydrogens (tertiary/aromatic N) is 1. The van der Waals surface area contributed by atoms with E-state index in [0.717, 1.165) is 51.6 Å². The third kappa shape index (κ3) is 5.23. The maximum absolute atomic E-state index is 6.86. The van der Waals surface area contributed by atoms with Crippen LogP contribution in [0.25, 0.3) is 77.3 Å². The van der Waals surface area contributed by atoms with Gasteiger partial charge in [-0.15, -0.1) is 0 Å². The summed E-state index contributed by atoms with van der Waals surface area (Å²) in [6.07, 6.45) is 10.1. The highest BCUT2D eigenvalue weighted by molar-refractivity contribution is 6.14. The summed E-state index contributed by atoms with van der Waals surface area (Å²) in [6, 6.07) is 31.8. The van der Waals surface area contributed by atoms with Gasteiger partial charge in [-0.05, 0) is 140 Å². The van der Waals surface area contributed by atoms with Crippen LogP contribution in [0, 0.1) is 6.92 Å². The molecule has 5 aromatic carbocycles. The number of nitrogens with one attached hydrogen (secondary N) is 1. The average Bonchev–Trinajstić information content (AvgIpc) is 3.59. The Morgan fingerprint density at radius 1 is 0.735 bits per heavy atom. The SMILES string of the molecule is C=C/C=C(\C=C(C)C)c1ccc2c(c1)c1cc3c(cc1n2/C(N)=C/C(=C)C)-c1cc2[nH]c4ccc(-c5cccc(C)c5)cc4c2cc1CC3. The number of aromatic nitrogens is 2. The number of allylic oxidation sites excluding steroid dienone is 7. The van der Waals surface area contributed by atoms with Crippen molar-refractivity contribution in [1.29, 1.82) is 0 Å². The van der Waals surface area contributed by atoms with Crippen molar-refractivity contribution in [2.45, 2.75) is 40.5 Å². The van der Waals surface area contributed by atoms with Crippen LogP contribution in [0.1, 0.15) is 43.0 Å². The van der Waals surface area contributed by atoms with Crippen molar-refractivity contribution in [3.8, 4) is 22.3 Å². The Morgan fingerprint density at radius 2 is 1.45 bits per heavy atom. The number of nitrogens with two attached hydrogens (primary N) is 1. The van der Waals surface area contributed by atoms with Gasteiger partial charge in [0.2, 0.25) is 0 Å². The molecule has 0 unspecified atom stereocenters. The minimum absolute atomic E-state index is 0.665. The molecule has 3 nitrogen and oxygen atoms in total. The maximum atomic E-state index is 6.86. The summed E-state index contributed by atoms with van der Waals surface area (Å²) >= 11 is 0. The van der Waals surface area contributed by atoms with Crippen molar-refractivity contribution in [3.05, 3.63) is 156 Å². The van der Waals surface area contributed by atoms with E-state index >= 15 is 0 Å². The molecule has 2 aromatic heterocycles. The fraction of sp³-hybridized carbons (Fsp3) is 0.130. The predicted octanol–water partition coefficient (Wildman–Crippen LogP) is 12.0. The summed E-state index contributed by atoms with van der Waals surface area (Å²) in [5.41, 5.74) is 24.9. The number of fused-ring (bicyclic) bond motifs is 9. The molecule has 0 fully saturated rings. The maximum Gasteiger partial charge on any atom is 0.108 e. The monoisotopic (exact) mass is 635 g/mol. The van der Waals surface area contributed by atoms with E-state index in [-0.39, 0.29) is 0 Å². The van der Waals surface area contributed by atoms with Crippen LogP contribution in [0.3, 0.4) is 0 Å². The fourth-order valence-corrected chi connectivity index (χ4v) is 7.73. The van der Waals surface area contributed by atoms with Crippen LogP contribution < -0.4 is 5.73 Å². The van der Waals surface area contributed by atoms with Gasteiger partial charge in [-0.1, -0.05) is 84.5 Å².